The molecule has 6 heteroatoms. The molecule has 21 heavy (non-hydrogen) atoms. The summed E-state index contributed by atoms with van der Waals surface area (Å²) in [6.07, 6.45) is 2.68. The van der Waals surface area contributed by atoms with Crippen molar-refractivity contribution >= 4 is 41.7 Å². The highest BCUT2D eigenvalue weighted by molar-refractivity contribution is 14.0. The molecule has 1 atom stereocenters. The molecule has 2 rings (SSSR count). The highest BCUT2D eigenvalue weighted by Crippen LogP contribution is 2.24. The largest absolute Gasteiger partial charge is 0.370 e. The van der Waals surface area contributed by atoms with E-state index in [0.29, 0.717) is 0 Å². The van der Waals surface area contributed by atoms with E-state index in [1.54, 1.807) is 0 Å². The molecule has 2 N–H and O–H groups in total. The molecule has 4 nitrogen and oxygen atoms in total. The van der Waals surface area contributed by atoms with Crippen LogP contribution in [0.25, 0.3) is 0 Å². The summed E-state index contributed by atoms with van der Waals surface area (Å²) in [6, 6.07) is 0. The van der Waals surface area contributed by atoms with Crippen LogP contribution in [0.1, 0.15) is 33.6 Å². The Kier molecular flexibility index (Phi) is 8.13. The fraction of sp³-hybridized carbons (Fsp3) is 0.933. The molecule has 124 valence electrons. The van der Waals surface area contributed by atoms with Gasteiger partial charge >= 0.3 is 0 Å². The van der Waals surface area contributed by atoms with Gasteiger partial charge in [0, 0.05) is 36.7 Å². The van der Waals surface area contributed by atoms with E-state index in [0.717, 1.165) is 31.5 Å². The lowest BCUT2D eigenvalue weighted by Gasteiger charge is -2.42. The summed E-state index contributed by atoms with van der Waals surface area (Å²) in [6.45, 7) is 12.2. The minimum absolute atomic E-state index is 0. The number of hydrogen-bond donors (Lipinski definition) is 1. The maximum atomic E-state index is 6.16. The van der Waals surface area contributed by atoms with Crippen molar-refractivity contribution in [3.05, 3.63) is 0 Å². The zero-order valence-electron chi connectivity index (χ0n) is 13.7. The van der Waals surface area contributed by atoms with E-state index >= 15 is 0 Å². The smallest absolute Gasteiger partial charge is 0.191 e. The van der Waals surface area contributed by atoms with Crippen LogP contribution in [0.5, 0.6) is 0 Å². The summed E-state index contributed by atoms with van der Waals surface area (Å²) in [5, 5.41) is 0. The molecule has 1 unspecified atom stereocenters. The van der Waals surface area contributed by atoms with Crippen LogP contribution in [-0.4, -0.2) is 65.5 Å². The number of rotatable bonds is 3. The lowest BCUT2D eigenvalue weighted by atomic mass is 9.94. The van der Waals surface area contributed by atoms with Crippen LogP contribution in [0.2, 0.25) is 0 Å². The molecule has 0 aromatic heterocycles. The number of hydrogen-bond acceptors (Lipinski definition) is 3. The highest BCUT2D eigenvalue weighted by Gasteiger charge is 2.30. The second-order valence-corrected chi connectivity index (χ2v) is 8.00. The number of piperidine rings is 1. The van der Waals surface area contributed by atoms with Crippen LogP contribution in [0, 0.1) is 5.92 Å². The molecule has 0 aromatic rings. The Morgan fingerprint density at radius 2 is 1.95 bits per heavy atom. The predicted molar refractivity (Wildman–Crippen MR) is 105 cm³/mol. The summed E-state index contributed by atoms with van der Waals surface area (Å²) >= 11 is 2.00. The van der Waals surface area contributed by atoms with Crippen LogP contribution in [0.15, 0.2) is 4.99 Å². The lowest BCUT2D eigenvalue weighted by molar-refractivity contribution is 0.0773. The SMILES string of the molecule is CC1CCCN(C(C)(C)CN=C(N)N2CCSCC2)C1.I. The molecule has 0 saturated carbocycles. The van der Waals surface area contributed by atoms with Gasteiger partial charge in [-0.05, 0) is 39.2 Å². The number of thioether (sulfide) groups is 1. The Bertz CT molecular complexity index is 343. The van der Waals surface area contributed by atoms with E-state index in [1.807, 2.05) is 11.8 Å². The molecule has 0 aromatic carbocycles. The van der Waals surface area contributed by atoms with Gasteiger partial charge in [0.1, 0.15) is 0 Å². The third-order valence-electron chi connectivity index (χ3n) is 4.48. The van der Waals surface area contributed by atoms with Crippen molar-refractivity contribution < 1.29 is 0 Å². The van der Waals surface area contributed by atoms with E-state index in [1.165, 1.54) is 37.4 Å². The van der Waals surface area contributed by atoms with Crippen molar-refractivity contribution in [1.82, 2.24) is 9.80 Å². The third-order valence-corrected chi connectivity index (χ3v) is 5.42. The normalized spacial score (nSPS) is 25.6. The van der Waals surface area contributed by atoms with Crippen LogP contribution in [-0.2, 0) is 0 Å². The van der Waals surface area contributed by atoms with E-state index in [4.69, 9.17) is 5.73 Å². The van der Waals surface area contributed by atoms with Crippen LogP contribution in [0.4, 0.5) is 0 Å². The van der Waals surface area contributed by atoms with Gasteiger partial charge in [-0.3, -0.25) is 9.89 Å². The monoisotopic (exact) mass is 426 g/mol. The van der Waals surface area contributed by atoms with Gasteiger partial charge in [-0.2, -0.15) is 11.8 Å². The Morgan fingerprint density at radius 1 is 1.29 bits per heavy atom. The number of halogens is 1. The first-order valence-electron chi connectivity index (χ1n) is 7.87. The van der Waals surface area contributed by atoms with Crippen molar-refractivity contribution in [1.29, 1.82) is 0 Å². The quantitative estimate of drug-likeness (QED) is 0.428. The molecule has 0 bridgehead atoms. The maximum absolute atomic E-state index is 6.16. The van der Waals surface area contributed by atoms with E-state index < -0.39 is 0 Å². The number of likely N-dealkylation sites (tertiary alicyclic amines) is 1. The molecule has 0 radical (unpaired) electrons. The summed E-state index contributed by atoms with van der Waals surface area (Å²) in [5.74, 6) is 3.89. The van der Waals surface area contributed by atoms with Crippen LogP contribution >= 0.6 is 35.7 Å². The summed E-state index contributed by atoms with van der Waals surface area (Å²) in [4.78, 5) is 9.50. The average molecular weight is 426 g/mol. The van der Waals surface area contributed by atoms with Crippen molar-refractivity contribution in [2.75, 3.05) is 44.2 Å². The second kappa shape index (κ2) is 8.82. The number of guanidine groups is 1. The number of aliphatic imine (C=N–C) groups is 1. The first kappa shape index (κ1) is 19.4. The van der Waals surface area contributed by atoms with Crippen molar-refractivity contribution in [2.45, 2.75) is 39.2 Å². The van der Waals surface area contributed by atoms with Crippen LogP contribution < -0.4 is 5.73 Å². The fourth-order valence-electron chi connectivity index (χ4n) is 3.01. The van der Waals surface area contributed by atoms with Gasteiger partial charge in [-0.1, -0.05) is 6.92 Å². The maximum Gasteiger partial charge on any atom is 0.191 e. The number of nitrogens with two attached hydrogens (primary N) is 1. The molecular weight excluding hydrogens is 395 g/mol. The van der Waals surface area contributed by atoms with Gasteiger partial charge in [-0.15, -0.1) is 24.0 Å². The molecule has 0 amide bonds. The molecule has 2 heterocycles. The summed E-state index contributed by atoms with van der Waals surface area (Å²) in [7, 11) is 0. The molecule has 2 aliphatic heterocycles. The molecule has 0 aliphatic carbocycles. The predicted octanol–water partition coefficient (Wildman–Crippen LogP) is 2.48. The lowest BCUT2D eigenvalue weighted by Crippen LogP contribution is -2.51. The van der Waals surface area contributed by atoms with Gasteiger partial charge in [-0.25, -0.2) is 0 Å². The van der Waals surface area contributed by atoms with Crippen molar-refractivity contribution in [3.8, 4) is 0 Å². The van der Waals surface area contributed by atoms with Gasteiger partial charge in [0.15, 0.2) is 5.96 Å². The zero-order chi connectivity index (χ0) is 14.6. The Morgan fingerprint density at radius 3 is 2.57 bits per heavy atom. The molecular formula is C15H31IN4S. The minimum atomic E-state index is 0. The van der Waals surface area contributed by atoms with Crippen LogP contribution in [0.3, 0.4) is 0 Å². The highest BCUT2D eigenvalue weighted by atomic mass is 127. The molecule has 2 aliphatic rings. The molecule has 0 spiro atoms. The minimum Gasteiger partial charge on any atom is -0.370 e. The zero-order valence-corrected chi connectivity index (χ0v) is 16.8. The van der Waals surface area contributed by atoms with Gasteiger partial charge in [0.2, 0.25) is 0 Å². The van der Waals surface area contributed by atoms with Crippen molar-refractivity contribution in [3.63, 3.8) is 0 Å². The fourth-order valence-corrected chi connectivity index (χ4v) is 3.91. The number of nitrogens with zero attached hydrogens (tertiary/aromatic N) is 3. The summed E-state index contributed by atoms with van der Waals surface area (Å²) in [5.41, 5.74) is 6.28. The van der Waals surface area contributed by atoms with Gasteiger partial charge in [0.05, 0.1) is 6.54 Å². The van der Waals surface area contributed by atoms with Gasteiger partial charge in [0.25, 0.3) is 0 Å². The van der Waals surface area contributed by atoms with E-state index in [9.17, 15) is 0 Å². The molecule has 2 saturated heterocycles. The van der Waals surface area contributed by atoms with E-state index in [2.05, 4.69) is 35.6 Å². The third kappa shape index (κ3) is 5.78. The Labute approximate surface area is 151 Å². The first-order valence-corrected chi connectivity index (χ1v) is 9.02. The second-order valence-electron chi connectivity index (χ2n) is 6.78. The Balaban J connectivity index is 0.00000220. The Hall–Kier alpha value is 0.310. The van der Waals surface area contributed by atoms with Crippen molar-refractivity contribution in [2.24, 2.45) is 16.6 Å². The first-order chi connectivity index (χ1) is 9.49. The topological polar surface area (TPSA) is 44.9 Å². The van der Waals surface area contributed by atoms with E-state index in [-0.39, 0.29) is 29.5 Å². The standard InChI is InChI=1S/C15H30N4S.HI/c1-13-5-4-6-19(11-13)15(2,3)12-17-14(16)18-7-9-20-10-8-18;/h13H,4-12H2,1-3H3,(H2,16,17);1H. The summed E-state index contributed by atoms with van der Waals surface area (Å²) < 4.78 is 0. The molecule has 2 fully saturated rings. The average Bonchev–Trinajstić information content (AvgIpc) is 2.46. The van der Waals surface area contributed by atoms with Gasteiger partial charge < -0.3 is 10.6 Å².